The number of hydrogen-bond acceptors (Lipinski definition) is 2. The largest absolute Gasteiger partial charge is 0.418 e. The second-order valence-corrected chi connectivity index (χ2v) is 5.12. The lowest BCUT2D eigenvalue weighted by molar-refractivity contribution is -0.137. The Morgan fingerprint density at radius 3 is 2.44 bits per heavy atom. The van der Waals surface area contributed by atoms with Crippen LogP contribution in [0.3, 0.4) is 0 Å². The van der Waals surface area contributed by atoms with Gasteiger partial charge in [0.2, 0.25) is 0 Å². The molecule has 1 aliphatic heterocycles. The molecule has 2 N–H and O–H groups in total. The van der Waals surface area contributed by atoms with Gasteiger partial charge in [-0.25, -0.2) is 0 Å². The molecule has 0 aromatic heterocycles. The Labute approximate surface area is 105 Å². The maximum atomic E-state index is 13.0. The van der Waals surface area contributed by atoms with Gasteiger partial charge in [-0.05, 0) is 37.5 Å². The van der Waals surface area contributed by atoms with Crippen LogP contribution in [0.2, 0.25) is 0 Å². The van der Waals surface area contributed by atoms with E-state index >= 15 is 0 Å². The summed E-state index contributed by atoms with van der Waals surface area (Å²) < 4.78 is 39.1. The van der Waals surface area contributed by atoms with Crippen molar-refractivity contribution in [3.8, 4) is 0 Å². The molecule has 1 fully saturated rings. The number of rotatable bonds is 1. The molecule has 0 saturated carbocycles. The van der Waals surface area contributed by atoms with Crippen molar-refractivity contribution in [2.75, 3.05) is 17.2 Å². The smallest absolute Gasteiger partial charge is 0.399 e. The fourth-order valence-corrected chi connectivity index (χ4v) is 2.67. The van der Waals surface area contributed by atoms with Gasteiger partial charge in [-0.2, -0.15) is 13.2 Å². The highest BCUT2D eigenvalue weighted by molar-refractivity contribution is 5.61. The zero-order valence-corrected chi connectivity index (χ0v) is 10.5. The predicted octanol–water partition coefficient (Wildman–Crippen LogP) is 3.52. The van der Waals surface area contributed by atoms with Gasteiger partial charge in [0.15, 0.2) is 0 Å². The summed E-state index contributed by atoms with van der Waals surface area (Å²) >= 11 is 0. The molecule has 0 bridgehead atoms. The number of benzene rings is 1. The van der Waals surface area contributed by atoms with Crippen molar-refractivity contribution in [2.24, 2.45) is 5.92 Å². The molecule has 0 amide bonds. The second kappa shape index (κ2) is 4.37. The van der Waals surface area contributed by atoms with E-state index in [-0.39, 0.29) is 17.4 Å². The molecule has 1 aromatic carbocycles. The van der Waals surface area contributed by atoms with Crippen molar-refractivity contribution < 1.29 is 13.2 Å². The summed E-state index contributed by atoms with van der Waals surface area (Å²) in [6.07, 6.45) is -3.45. The molecule has 18 heavy (non-hydrogen) atoms. The van der Waals surface area contributed by atoms with Gasteiger partial charge in [0.1, 0.15) is 0 Å². The Morgan fingerprint density at radius 1 is 1.28 bits per heavy atom. The van der Waals surface area contributed by atoms with Crippen LogP contribution < -0.4 is 10.6 Å². The third-order valence-corrected chi connectivity index (χ3v) is 3.42. The molecule has 0 spiro atoms. The molecule has 0 radical (unpaired) electrons. The molecule has 1 aromatic rings. The van der Waals surface area contributed by atoms with Gasteiger partial charge >= 0.3 is 6.18 Å². The molecule has 2 unspecified atom stereocenters. The predicted molar refractivity (Wildman–Crippen MR) is 66.4 cm³/mol. The minimum Gasteiger partial charge on any atom is -0.399 e. The standard InChI is InChI=1S/C13H17F3N2/c1-8-5-9(2)18(7-8)12-4-3-10(17)6-11(12)13(14,15)16/h3-4,6,8-9H,5,7,17H2,1-2H3. The Bertz CT molecular complexity index is 442. The van der Waals surface area contributed by atoms with E-state index in [1.165, 1.54) is 12.1 Å². The lowest BCUT2D eigenvalue weighted by Crippen LogP contribution is -2.29. The first-order valence-electron chi connectivity index (χ1n) is 6.02. The molecule has 2 rings (SSSR count). The van der Waals surface area contributed by atoms with E-state index in [2.05, 4.69) is 6.92 Å². The molecule has 2 atom stereocenters. The van der Waals surface area contributed by atoms with E-state index in [1.54, 1.807) is 0 Å². The molecule has 1 aliphatic rings. The van der Waals surface area contributed by atoms with Crippen molar-refractivity contribution >= 4 is 11.4 Å². The molecule has 100 valence electrons. The normalized spacial score (nSPS) is 24.6. The first-order chi connectivity index (χ1) is 8.29. The highest BCUT2D eigenvalue weighted by Gasteiger charge is 2.37. The van der Waals surface area contributed by atoms with Crippen LogP contribution in [-0.2, 0) is 6.18 Å². The van der Waals surface area contributed by atoms with Crippen molar-refractivity contribution in [1.82, 2.24) is 0 Å². The number of hydrogen-bond donors (Lipinski definition) is 1. The Kier molecular flexibility index (Phi) is 3.17. The van der Waals surface area contributed by atoms with Gasteiger partial charge in [-0.3, -0.25) is 0 Å². The number of nitrogens with zero attached hydrogens (tertiary/aromatic N) is 1. The molecule has 1 saturated heterocycles. The first-order valence-corrected chi connectivity index (χ1v) is 6.02. The lowest BCUT2D eigenvalue weighted by atomic mass is 10.1. The van der Waals surface area contributed by atoms with E-state index in [0.717, 1.165) is 12.5 Å². The summed E-state index contributed by atoms with van der Waals surface area (Å²) in [5, 5.41) is 0. The van der Waals surface area contributed by atoms with Crippen LogP contribution >= 0.6 is 0 Å². The van der Waals surface area contributed by atoms with Crippen LogP contribution in [0.1, 0.15) is 25.8 Å². The fraction of sp³-hybridized carbons (Fsp3) is 0.538. The number of nitrogen functional groups attached to an aromatic ring is 1. The van der Waals surface area contributed by atoms with Gasteiger partial charge in [0.25, 0.3) is 0 Å². The minimum absolute atomic E-state index is 0.129. The van der Waals surface area contributed by atoms with Crippen molar-refractivity contribution in [3.63, 3.8) is 0 Å². The van der Waals surface area contributed by atoms with Crippen LogP contribution in [0.15, 0.2) is 18.2 Å². The average molecular weight is 258 g/mol. The summed E-state index contributed by atoms with van der Waals surface area (Å²) in [7, 11) is 0. The summed E-state index contributed by atoms with van der Waals surface area (Å²) in [5.74, 6) is 0.415. The summed E-state index contributed by atoms with van der Waals surface area (Å²) in [6, 6.07) is 4.16. The highest BCUT2D eigenvalue weighted by atomic mass is 19.4. The average Bonchev–Trinajstić information content (AvgIpc) is 2.56. The van der Waals surface area contributed by atoms with Crippen LogP contribution in [0, 0.1) is 5.92 Å². The molecule has 5 heteroatoms. The molecule has 1 heterocycles. The van der Waals surface area contributed by atoms with E-state index < -0.39 is 11.7 Å². The second-order valence-electron chi connectivity index (χ2n) is 5.12. The Morgan fingerprint density at radius 2 is 1.94 bits per heavy atom. The topological polar surface area (TPSA) is 29.3 Å². The van der Waals surface area contributed by atoms with Crippen LogP contribution in [0.4, 0.5) is 24.5 Å². The van der Waals surface area contributed by atoms with E-state index in [9.17, 15) is 13.2 Å². The van der Waals surface area contributed by atoms with Crippen LogP contribution in [-0.4, -0.2) is 12.6 Å². The maximum absolute atomic E-state index is 13.0. The quantitative estimate of drug-likeness (QED) is 0.781. The summed E-state index contributed by atoms with van der Waals surface area (Å²) in [4.78, 5) is 1.83. The van der Waals surface area contributed by atoms with Crippen molar-refractivity contribution in [3.05, 3.63) is 23.8 Å². The Balaban J connectivity index is 2.44. The van der Waals surface area contributed by atoms with E-state index in [4.69, 9.17) is 5.73 Å². The van der Waals surface area contributed by atoms with Gasteiger partial charge < -0.3 is 10.6 Å². The number of anilines is 2. The van der Waals surface area contributed by atoms with Gasteiger partial charge in [0, 0.05) is 24.0 Å². The SMILES string of the molecule is CC1CC(C)N(c2ccc(N)cc2C(F)(F)F)C1. The van der Waals surface area contributed by atoms with E-state index in [1.807, 2.05) is 11.8 Å². The minimum atomic E-state index is -4.36. The number of halogens is 3. The highest BCUT2D eigenvalue weighted by Crippen LogP contribution is 2.40. The third-order valence-electron chi connectivity index (χ3n) is 3.42. The third kappa shape index (κ3) is 2.40. The van der Waals surface area contributed by atoms with Gasteiger partial charge in [-0.1, -0.05) is 6.92 Å². The molecule has 2 nitrogen and oxygen atoms in total. The van der Waals surface area contributed by atoms with Crippen LogP contribution in [0.5, 0.6) is 0 Å². The Hall–Kier alpha value is -1.39. The zero-order valence-electron chi connectivity index (χ0n) is 10.5. The van der Waals surface area contributed by atoms with Gasteiger partial charge in [0.05, 0.1) is 5.56 Å². The van der Waals surface area contributed by atoms with E-state index in [0.29, 0.717) is 12.5 Å². The fourth-order valence-electron chi connectivity index (χ4n) is 2.67. The van der Waals surface area contributed by atoms with Crippen LogP contribution in [0.25, 0.3) is 0 Å². The number of nitrogens with two attached hydrogens (primary N) is 1. The lowest BCUT2D eigenvalue weighted by Gasteiger charge is -2.27. The summed E-state index contributed by atoms with van der Waals surface area (Å²) in [6.45, 7) is 4.68. The molecule has 0 aliphatic carbocycles. The monoisotopic (exact) mass is 258 g/mol. The number of alkyl halides is 3. The zero-order chi connectivity index (χ0) is 13.5. The molecular weight excluding hydrogens is 241 g/mol. The molecular formula is C13H17F3N2. The first kappa shape index (κ1) is 13.1. The van der Waals surface area contributed by atoms with Gasteiger partial charge in [-0.15, -0.1) is 0 Å². The maximum Gasteiger partial charge on any atom is 0.418 e. The van der Waals surface area contributed by atoms with Crippen molar-refractivity contribution in [2.45, 2.75) is 32.5 Å². The van der Waals surface area contributed by atoms with Crippen molar-refractivity contribution in [1.29, 1.82) is 0 Å². The summed E-state index contributed by atoms with van der Waals surface area (Å²) in [5.41, 5.74) is 5.22.